The minimum atomic E-state index is -0.244. The van der Waals surface area contributed by atoms with Crippen molar-refractivity contribution in [2.75, 3.05) is 13.6 Å². The van der Waals surface area contributed by atoms with Gasteiger partial charge >= 0.3 is 0 Å². The number of aryl methyl sites for hydroxylation is 1. The average Bonchev–Trinajstić information content (AvgIpc) is 3.26. The lowest BCUT2D eigenvalue weighted by Gasteiger charge is -2.15. The van der Waals surface area contributed by atoms with Crippen molar-refractivity contribution in [2.45, 2.75) is 44.4 Å². The normalized spacial score (nSPS) is 13.6. The number of nitrogens with zero attached hydrogens (tertiary/aromatic N) is 3. The van der Waals surface area contributed by atoms with Crippen LogP contribution in [-0.4, -0.2) is 39.6 Å². The van der Waals surface area contributed by atoms with Gasteiger partial charge in [0.1, 0.15) is 10.7 Å². The first-order valence-electron chi connectivity index (χ1n) is 10.1. The molecule has 2 aromatic heterocycles. The lowest BCUT2D eigenvalue weighted by molar-refractivity contribution is 0.0797. The van der Waals surface area contributed by atoms with Crippen LogP contribution in [0.1, 0.15) is 58.4 Å². The highest BCUT2D eigenvalue weighted by atomic mass is 32.1. The molecule has 0 radical (unpaired) electrons. The zero-order valence-electron chi connectivity index (χ0n) is 16.5. The van der Waals surface area contributed by atoms with E-state index in [2.05, 4.69) is 15.2 Å². The molecule has 3 aromatic rings. The maximum Gasteiger partial charge on any atom is 0.265 e. The van der Waals surface area contributed by atoms with Crippen molar-refractivity contribution >= 4 is 17.2 Å². The van der Waals surface area contributed by atoms with Crippen LogP contribution in [0.2, 0.25) is 0 Å². The van der Waals surface area contributed by atoms with Gasteiger partial charge in [-0.3, -0.25) is 9.89 Å². The van der Waals surface area contributed by atoms with Crippen LogP contribution < -0.4 is 0 Å². The molecular weight excluding hydrogens is 387 g/mol. The summed E-state index contributed by atoms with van der Waals surface area (Å²) in [7, 11) is 1.86. The lowest BCUT2D eigenvalue weighted by Crippen LogP contribution is -2.27. The van der Waals surface area contributed by atoms with Crippen LogP contribution in [0.5, 0.6) is 0 Å². The van der Waals surface area contributed by atoms with Crippen molar-refractivity contribution < 1.29 is 9.18 Å². The van der Waals surface area contributed by atoms with Crippen LogP contribution in [0.4, 0.5) is 4.39 Å². The molecule has 1 amide bonds. The first-order valence-corrected chi connectivity index (χ1v) is 10.9. The Morgan fingerprint density at radius 3 is 2.79 bits per heavy atom. The molecule has 0 spiro atoms. The molecule has 1 aliphatic carbocycles. The van der Waals surface area contributed by atoms with Gasteiger partial charge in [0, 0.05) is 30.8 Å². The van der Waals surface area contributed by atoms with E-state index in [-0.39, 0.29) is 11.7 Å². The minimum Gasteiger partial charge on any atom is -0.341 e. The van der Waals surface area contributed by atoms with Crippen LogP contribution >= 0.6 is 11.3 Å². The zero-order chi connectivity index (χ0) is 20.2. The van der Waals surface area contributed by atoms with E-state index in [1.54, 1.807) is 34.6 Å². The van der Waals surface area contributed by atoms with Crippen LogP contribution in [0, 0.1) is 5.82 Å². The van der Waals surface area contributed by atoms with E-state index < -0.39 is 0 Å². The SMILES string of the molecule is CN(CCCCCc1cc(-c2ccc(F)cc2)n[nH]1)C(=O)c1cnc(C2CC2)s1. The van der Waals surface area contributed by atoms with Crippen molar-refractivity contribution in [3.05, 3.63) is 57.9 Å². The highest BCUT2D eigenvalue weighted by molar-refractivity contribution is 7.13. The molecule has 0 aliphatic heterocycles. The third-order valence-electron chi connectivity index (χ3n) is 5.22. The fourth-order valence-electron chi connectivity index (χ4n) is 3.29. The number of hydrogen-bond acceptors (Lipinski definition) is 4. The Morgan fingerprint density at radius 1 is 1.24 bits per heavy atom. The number of halogens is 1. The molecule has 0 atom stereocenters. The number of benzene rings is 1. The number of rotatable bonds is 9. The number of aromatic nitrogens is 3. The van der Waals surface area contributed by atoms with E-state index in [9.17, 15) is 9.18 Å². The molecular formula is C22H25FN4OS. The Hall–Kier alpha value is -2.54. The van der Waals surface area contributed by atoms with Gasteiger partial charge in [-0.25, -0.2) is 9.37 Å². The summed E-state index contributed by atoms with van der Waals surface area (Å²) in [5.41, 5.74) is 2.81. The fourth-order valence-corrected chi connectivity index (χ4v) is 4.38. The Bertz CT molecular complexity index is 961. The number of thiazole rings is 1. The quantitative estimate of drug-likeness (QED) is 0.501. The predicted molar refractivity (Wildman–Crippen MR) is 113 cm³/mol. The molecule has 0 saturated heterocycles. The van der Waals surface area contributed by atoms with Gasteiger partial charge in [-0.15, -0.1) is 11.3 Å². The monoisotopic (exact) mass is 412 g/mol. The van der Waals surface area contributed by atoms with Gasteiger partial charge in [-0.05, 0) is 62.4 Å². The summed E-state index contributed by atoms with van der Waals surface area (Å²) in [6.45, 7) is 0.749. The first-order chi connectivity index (χ1) is 14.1. The first kappa shape index (κ1) is 19.8. The molecule has 1 aliphatic rings. The Morgan fingerprint density at radius 2 is 2.03 bits per heavy atom. The number of aromatic amines is 1. The van der Waals surface area contributed by atoms with Crippen LogP contribution in [0.15, 0.2) is 36.5 Å². The van der Waals surface area contributed by atoms with E-state index in [0.717, 1.165) is 59.1 Å². The van der Waals surface area contributed by atoms with Crippen molar-refractivity contribution in [3.63, 3.8) is 0 Å². The molecule has 5 nitrogen and oxygen atoms in total. The van der Waals surface area contributed by atoms with Gasteiger partial charge in [-0.1, -0.05) is 6.42 Å². The van der Waals surface area contributed by atoms with E-state index in [4.69, 9.17) is 0 Å². The second-order valence-electron chi connectivity index (χ2n) is 7.66. The van der Waals surface area contributed by atoms with Gasteiger partial charge in [0.15, 0.2) is 0 Å². The molecule has 0 bridgehead atoms. The molecule has 7 heteroatoms. The summed E-state index contributed by atoms with van der Waals surface area (Å²) >= 11 is 1.55. The maximum absolute atomic E-state index is 13.0. The van der Waals surface area contributed by atoms with Gasteiger partial charge < -0.3 is 4.90 Å². The molecule has 29 heavy (non-hydrogen) atoms. The largest absolute Gasteiger partial charge is 0.341 e. The van der Waals surface area contributed by atoms with Gasteiger partial charge in [-0.2, -0.15) is 5.10 Å². The number of H-pyrrole nitrogens is 1. The van der Waals surface area contributed by atoms with E-state index in [1.165, 1.54) is 25.0 Å². The van der Waals surface area contributed by atoms with E-state index in [0.29, 0.717) is 5.92 Å². The second-order valence-corrected chi connectivity index (χ2v) is 8.72. The molecule has 152 valence electrons. The summed E-state index contributed by atoms with van der Waals surface area (Å²) < 4.78 is 13.0. The van der Waals surface area contributed by atoms with Crippen molar-refractivity contribution in [1.82, 2.24) is 20.1 Å². The predicted octanol–water partition coefficient (Wildman–Crippen LogP) is 5.03. The molecule has 1 saturated carbocycles. The number of carbonyl (C=O) groups excluding carboxylic acids is 1. The molecule has 1 aromatic carbocycles. The van der Waals surface area contributed by atoms with E-state index >= 15 is 0 Å². The number of amides is 1. The summed E-state index contributed by atoms with van der Waals surface area (Å²) in [6, 6.07) is 8.38. The second kappa shape index (κ2) is 8.86. The number of unbranched alkanes of at least 4 members (excludes halogenated alkanes) is 2. The third-order valence-corrected chi connectivity index (χ3v) is 6.37. The van der Waals surface area contributed by atoms with Gasteiger partial charge in [0.05, 0.1) is 16.9 Å². The zero-order valence-corrected chi connectivity index (χ0v) is 17.3. The maximum atomic E-state index is 13.0. The fraction of sp³-hybridized carbons (Fsp3) is 0.409. The van der Waals surface area contributed by atoms with Crippen molar-refractivity contribution in [2.24, 2.45) is 0 Å². The molecule has 2 heterocycles. The van der Waals surface area contributed by atoms with Crippen LogP contribution in [-0.2, 0) is 6.42 Å². The van der Waals surface area contributed by atoms with Gasteiger partial charge in [0.2, 0.25) is 0 Å². The van der Waals surface area contributed by atoms with Crippen molar-refractivity contribution in [1.29, 1.82) is 0 Å². The minimum absolute atomic E-state index is 0.0758. The summed E-state index contributed by atoms with van der Waals surface area (Å²) in [4.78, 5) is 19.4. The summed E-state index contributed by atoms with van der Waals surface area (Å²) in [5.74, 6) is 0.427. The number of hydrogen-bond donors (Lipinski definition) is 1. The summed E-state index contributed by atoms with van der Waals surface area (Å²) in [6.07, 6.45) is 8.09. The lowest BCUT2D eigenvalue weighted by atomic mass is 10.1. The smallest absolute Gasteiger partial charge is 0.265 e. The molecule has 0 unspecified atom stereocenters. The van der Waals surface area contributed by atoms with Crippen LogP contribution in [0.25, 0.3) is 11.3 Å². The number of nitrogens with one attached hydrogen (secondary N) is 1. The van der Waals surface area contributed by atoms with E-state index in [1.807, 2.05) is 13.1 Å². The number of carbonyl (C=O) groups is 1. The standard InChI is InChI=1S/C22H25FN4OS/c1-27(22(28)20-14-24-21(29-20)16-6-7-16)12-4-2-3-5-18-13-19(26-25-18)15-8-10-17(23)11-9-15/h8-11,13-14,16H,2-7,12H2,1H3,(H,25,26). The van der Waals surface area contributed by atoms with Crippen LogP contribution in [0.3, 0.4) is 0 Å². The third kappa shape index (κ3) is 5.09. The Balaban J connectivity index is 1.17. The Labute approximate surface area is 174 Å². The highest BCUT2D eigenvalue weighted by Crippen LogP contribution is 2.41. The van der Waals surface area contributed by atoms with Gasteiger partial charge in [0.25, 0.3) is 5.91 Å². The highest BCUT2D eigenvalue weighted by Gasteiger charge is 2.28. The Kier molecular flexibility index (Phi) is 6.04. The van der Waals surface area contributed by atoms with Crippen molar-refractivity contribution in [3.8, 4) is 11.3 Å². The molecule has 1 N–H and O–H groups in total. The molecule has 1 fully saturated rings. The topological polar surface area (TPSA) is 61.9 Å². The average molecular weight is 413 g/mol. The molecule has 4 rings (SSSR count). The summed E-state index contributed by atoms with van der Waals surface area (Å²) in [5, 5.41) is 8.49.